The fourth-order valence-electron chi connectivity index (χ4n) is 2.89. The van der Waals surface area contributed by atoms with Gasteiger partial charge in [-0.3, -0.25) is 4.90 Å². The maximum Gasteiger partial charge on any atom is 0.123 e. The maximum atomic E-state index is 5.39. The predicted octanol–water partition coefficient (Wildman–Crippen LogP) is 1.24. The van der Waals surface area contributed by atoms with E-state index in [4.69, 9.17) is 4.74 Å². The van der Waals surface area contributed by atoms with Crippen LogP contribution in [0.2, 0.25) is 0 Å². The van der Waals surface area contributed by atoms with Crippen molar-refractivity contribution in [2.45, 2.75) is 25.0 Å². The van der Waals surface area contributed by atoms with Crippen molar-refractivity contribution in [2.24, 2.45) is 0 Å². The lowest BCUT2D eigenvalue weighted by Gasteiger charge is -2.27. The standard InChI is InChI=1S/C13H18N2O/c1-16-13-5-3-2-4-10(13)8-15-9-11-6-12(15)7-14-11/h2-5,11-12,14H,6-9H2,1H3/t11-,12-/m0/s1. The molecule has 2 heterocycles. The first-order chi connectivity index (χ1) is 7.86. The van der Waals surface area contributed by atoms with Gasteiger partial charge in [-0.2, -0.15) is 0 Å². The van der Waals surface area contributed by atoms with Crippen LogP contribution in [0, 0.1) is 0 Å². The van der Waals surface area contributed by atoms with Crippen LogP contribution < -0.4 is 10.1 Å². The molecule has 0 aliphatic carbocycles. The Balaban J connectivity index is 1.74. The molecule has 0 saturated carbocycles. The highest BCUT2D eigenvalue weighted by Crippen LogP contribution is 2.27. The highest BCUT2D eigenvalue weighted by atomic mass is 16.5. The van der Waals surface area contributed by atoms with Gasteiger partial charge in [0.1, 0.15) is 5.75 Å². The minimum Gasteiger partial charge on any atom is -0.496 e. The Kier molecular flexibility index (Phi) is 2.58. The fourth-order valence-corrected chi connectivity index (χ4v) is 2.89. The van der Waals surface area contributed by atoms with E-state index in [-0.39, 0.29) is 0 Å². The van der Waals surface area contributed by atoms with Crippen LogP contribution in [0.4, 0.5) is 0 Å². The first kappa shape index (κ1) is 10.1. The van der Waals surface area contributed by atoms with Gasteiger partial charge in [0.25, 0.3) is 0 Å². The lowest BCUT2D eigenvalue weighted by atomic mass is 10.1. The summed E-state index contributed by atoms with van der Waals surface area (Å²) in [5.41, 5.74) is 1.30. The van der Waals surface area contributed by atoms with Gasteiger partial charge >= 0.3 is 0 Å². The quantitative estimate of drug-likeness (QED) is 0.826. The van der Waals surface area contributed by atoms with E-state index in [2.05, 4.69) is 22.3 Å². The number of methoxy groups -OCH3 is 1. The normalized spacial score (nSPS) is 28.6. The van der Waals surface area contributed by atoms with Crippen molar-refractivity contribution in [3.8, 4) is 5.75 Å². The maximum absolute atomic E-state index is 5.39. The summed E-state index contributed by atoms with van der Waals surface area (Å²) in [6.07, 6.45) is 1.31. The molecule has 2 fully saturated rings. The summed E-state index contributed by atoms with van der Waals surface area (Å²) in [6, 6.07) is 9.78. The lowest BCUT2D eigenvalue weighted by Crippen LogP contribution is -2.43. The van der Waals surface area contributed by atoms with Gasteiger partial charge in [0.05, 0.1) is 7.11 Å². The molecular formula is C13H18N2O. The van der Waals surface area contributed by atoms with Gasteiger partial charge in [-0.1, -0.05) is 18.2 Å². The zero-order valence-electron chi connectivity index (χ0n) is 9.65. The van der Waals surface area contributed by atoms with Crippen LogP contribution in [-0.4, -0.2) is 37.2 Å². The highest BCUT2D eigenvalue weighted by Gasteiger charge is 2.37. The smallest absolute Gasteiger partial charge is 0.123 e. The zero-order chi connectivity index (χ0) is 11.0. The van der Waals surface area contributed by atoms with E-state index < -0.39 is 0 Å². The lowest BCUT2D eigenvalue weighted by molar-refractivity contribution is 0.215. The summed E-state index contributed by atoms with van der Waals surface area (Å²) in [5.74, 6) is 1.01. The number of nitrogens with zero attached hydrogens (tertiary/aromatic N) is 1. The zero-order valence-corrected chi connectivity index (χ0v) is 9.65. The summed E-state index contributed by atoms with van der Waals surface area (Å²) in [7, 11) is 1.75. The molecule has 86 valence electrons. The number of rotatable bonds is 3. The van der Waals surface area contributed by atoms with E-state index in [1.165, 1.54) is 18.5 Å². The number of hydrogen-bond donors (Lipinski definition) is 1. The Labute approximate surface area is 96.4 Å². The van der Waals surface area contributed by atoms with E-state index >= 15 is 0 Å². The van der Waals surface area contributed by atoms with Crippen molar-refractivity contribution in [3.05, 3.63) is 29.8 Å². The van der Waals surface area contributed by atoms with Gasteiger partial charge in [0.2, 0.25) is 0 Å². The second-order valence-corrected chi connectivity index (χ2v) is 4.74. The van der Waals surface area contributed by atoms with Gasteiger partial charge in [-0.05, 0) is 12.5 Å². The number of hydrogen-bond acceptors (Lipinski definition) is 3. The first-order valence-electron chi connectivity index (χ1n) is 5.96. The molecule has 3 heteroatoms. The Bertz CT molecular complexity index is 380. The minimum absolute atomic E-state index is 0.722. The van der Waals surface area contributed by atoms with E-state index in [1.54, 1.807) is 7.11 Å². The number of nitrogens with one attached hydrogen (secondary N) is 1. The fraction of sp³-hybridized carbons (Fsp3) is 0.538. The van der Waals surface area contributed by atoms with Crippen molar-refractivity contribution in [2.75, 3.05) is 20.2 Å². The highest BCUT2D eigenvalue weighted by molar-refractivity contribution is 5.33. The molecule has 16 heavy (non-hydrogen) atoms. The number of para-hydroxylation sites is 1. The van der Waals surface area contributed by atoms with Crippen molar-refractivity contribution >= 4 is 0 Å². The van der Waals surface area contributed by atoms with Gasteiger partial charge in [-0.15, -0.1) is 0 Å². The molecule has 1 aromatic carbocycles. The molecule has 2 atom stereocenters. The van der Waals surface area contributed by atoms with E-state index in [0.717, 1.165) is 30.9 Å². The van der Waals surface area contributed by atoms with Crippen LogP contribution in [0.3, 0.4) is 0 Å². The van der Waals surface area contributed by atoms with Crippen molar-refractivity contribution in [1.82, 2.24) is 10.2 Å². The molecule has 0 radical (unpaired) electrons. The van der Waals surface area contributed by atoms with Crippen LogP contribution in [0.5, 0.6) is 5.75 Å². The Morgan fingerprint density at radius 1 is 1.44 bits per heavy atom. The Hall–Kier alpha value is -1.06. The number of benzene rings is 1. The molecule has 1 aromatic rings. The SMILES string of the molecule is COc1ccccc1CN1C[C@@H]2C[C@H]1CN2. The molecule has 3 nitrogen and oxygen atoms in total. The molecule has 2 saturated heterocycles. The molecule has 0 unspecified atom stereocenters. The van der Waals surface area contributed by atoms with Gasteiger partial charge in [0, 0.05) is 37.3 Å². The molecule has 1 N–H and O–H groups in total. The molecule has 0 spiro atoms. The van der Waals surface area contributed by atoms with Crippen molar-refractivity contribution in [1.29, 1.82) is 0 Å². The Morgan fingerprint density at radius 2 is 2.31 bits per heavy atom. The first-order valence-corrected chi connectivity index (χ1v) is 5.96. The molecule has 3 rings (SSSR count). The Morgan fingerprint density at radius 3 is 3.00 bits per heavy atom. The van der Waals surface area contributed by atoms with Crippen LogP contribution in [0.25, 0.3) is 0 Å². The summed E-state index contributed by atoms with van der Waals surface area (Å²) in [5, 5.41) is 3.53. The minimum atomic E-state index is 0.722. The van der Waals surface area contributed by atoms with Crippen molar-refractivity contribution < 1.29 is 4.74 Å². The molecule has 2 aliphatic rings. The number of ether oxygens (including phenoxy) is 1. The summed E-state index contributed by atoms with van der Waals surface area (Å²) >= 11 is 0. The number of likely N-dealkylation sites (tertiary alicyclic amines) is 1. The number of piperazine rings is 1. The second kappa shape index (κ2) is 4.07. The largest absolute Gasteiger partial charge is 0.496 e. The van der Waals surface area contributed by atoms with E-state index in [1.807, 2.05) is 12.1 Å². The van der Waals surface area contributed by atoms with Crippen molar-refractivity contribution in [3.63, 3.8) is 0 Å². The molecule has 2 aliphatic heterocycles. The van der Waals surface area contributed by atoms with Crippen LogP contribution >= 0.6 is 0 Å². The third kappa shape index (κ3) is 1.70. The average molecular weight is 218 g/mol. The van der Waals surface area contributed by atoms with Crippen LogP contribution in [0.15, 0.2) is 24.3 Å². The van der Waals surface area contributed by atoms with Gasteiger partial charge in [-0.25, -0.2) is 0 Å². The monoisotopic (exact) mass is 218 g/mol. The van der Waals surface area contributed by atoms with E-state index in [9.17, 15) is 0 Å². The van der Waals surface area contributed by atoms with E-state index in [0.29, 0.717) is 0 Å². The van der Waals surface area contributed by atoms with Crippen LogP contribution in [-0.2, 0) is 6.54 Å². The summed E-state index contributed by atoms with van der Waals surface area (Å²) in [4.78, 5) is 2.57. The average Bonchev–Trinajstić information content (AvgIpc) is 2.92. The van der Waals surface area contributed by atoms with Crippen LogP contribution in [0.1, 0.15) is 12.0 Å². The number of fused-ring (bicyclic) bond motifs is 2. The molecule has 0 amide bonds. The third-order valence-electron chi connectivity index (χ3n) is 3.74. The third-order valence-corrected chi connectivity index (χ3v) is 3.74. The summed E-state index contributed by atoms with van der Waals surface area (Å²) < 4.78 is 5.39. The molecular weight excluding hydrogens is 200 g/mol. The molecule has 2 bridgehead atoms. The summed E-state index contributed by atoms with van der Waals surface area (Å²) in [6.45, 7) is 3.36. The molecule has 0 aromatic heterocycles. The topological polar surface area (TPSA) is 24.5 Å². The van der Waals surface area contributed by atoms with Gasteiger partial charge in [0.15, 0.2) is 0 Å². The predicted molar refractivity (Wildman–Crippen MR) is 63.6 cm³/mol. The van der Waals surface area contributed by atoms with Gasteiger partial charge < -0.3 is 10.1 Å². The second-order valence-electron chi connectivity index (χ2n) is 4.74.